The van der Waals surface area contributed by atoms with Crippen LogP contribution in [0.2, 0.25) is 0 Å². The number of fused-ring (bicyclic) bond motifs is 1. The molecular formula is C16H13F2NO2. The Labute approximate surface area is 120 Å². The fraction of sp³-hybridized carbons (Fsp3) is 0.188. The van der Waals surface area contributed by atoms with Gasteiger partial charge in [-0.15, -0.1) is 0 Å². The SMILES string of the molecule is Nc1cc(F)c(F)cc1C(=O)OCC1Cc2ccccc21. The van der Waals surface area contributed by atoms with Crippen LogP contribution in [-0.2, 0) is 11.2 Å². The molecule has 2 aromatic carbocycles. The maximum Gasteiger partial charge on any atom is 0.340 e. The van der Waals surface area contributed by atoms with Crippen LogP contribution in [0.1, 0.15) is 27.4 Å². The lowest BCUT2D eigenvalue weighted by molar-refractivity contribution is 0.0470. The van der Waals surface area contributed by atoms with E-state index in [-0.39, 0.29) is 23.8 Å². The van der Waals surface area contributed by atoms with Crippen molar-refractivity contribution in [1.82, 2.24) is 0 Å². The van der Waals surface area contributed by atoms with Crippen LogP contribution in [0.5, 0.6) is 0 Å². The van der Waals surface area contributed by atoms with Gasteiger partial charge in [-0.05, 0) is 23.6 Å². The van der Waals surface area contributed by atoms with E-state index in [1.165, 1.54) is 5.56 Å². The van der Waals surface area contributed by atoms with Gasteiger partial charge >= 0.3 is 5.97 Å². The van der Waals surface area contributed by atoms with Crippen LogP contribution in [0.4, 0.5) is 14.5 Å². The third-order valence-corrected chi connectivity index (χ3v) is 3.69. The molecule has 1 aliphatic carbocycles. The van der Waals surface area contributed by atoms with Crippen molar-refractivity contribution in [2.75, 3.05) is 12.3 Å². The highest BCUT2D eigenvalue weighted by Gasteiger charge is 2.27. The summed E-state index contributed by atoms with van der Waals surface area (Å²) < 4.78 is 31.3. The van der Waals surface area contributed by atoms with Gasteiger partial charge in [0.05, 0.1) is 12.2 Å². The van der Waals surface area contributed by atoms with E-state index in [1.807, 2.05) is 24.3 Å². The van der Waals surface area contributed by atoms with Crippen LogP contribution < -0.4 is 5.73 Å². The van der Waals surface area contributed by atoms with Crippen molar-refractivity contribution in [3.05, 3.63) is 64.7 Å². The molecule has 1 unspecified atom stereocenters. The number of ether oxygens (including phenoxy) is 1. The number of carbonyl (C=O) groups excluding carboxylic acids is 1. The lowest BCUT2D eigenvalue weighted by Crippen LogP contribution is -2.23. The van der Waals surface area contributed by atoms with Gasteiger partial charge in [-0.3, -0.25) is 0 Å². The molecule has 0 fully saturated rings. The van der Waals surface area contributed by atoms with E-state index in [0.717, 1.165) is 24.1 Å². The maximum atomic E-state index is 13.2. The first kappa shape index (κ1) is 13.5. The van der Waals surface area contributed by atoms with Gasteiger partial charge in [0.15, 0.2) is 11.6 Å². The minimum Gasteiger partial charge on any atom is -0.461 e. The first-order valence-corrected chi connectivity index (χ1v) is 6.55. The fourth-order valence-corrected chi connectivity index (χ4v) is 2.50. The van der Waals surface area contributed by atoms with Crippen molar-refractivity contribution >= 4 is 11.7 Å². The van der Waals surface area contributed by atoms with Crippen molar-refractivity contribution in [3.8, 4) is 0 Å². The molecule has 1 atom stereocenters. The predicted molar refractivity (Wildman–Crippen MR) is 73.9 cm³/mol. The van der Waals surface area contributed by atoms with Crippen LogP contribution in [-0.4, -0.2) is 12.6 Å². The molecule has 5 heteroatoms. The molecule has 0 heterocycles. The number of rotatable bonds is 3. The standard InChI is InChI=1S/C16H13F2NO2/c17-13-6-12(15(19)7-14(13)18)16(20)21-8-10-5-9-3-1-2-4-11(9)10/h1-4,6-7,10H,5,8,19H2. The van der Waals surface area contributed by atoms with Crippen LogP contribution in [0.25, 0.3) is 0 Å². The number of halogens is 2. The molecule has 0 amide bonds. The van der Waals surface area contributed by atoms with E-state index in [9.17, 15) is 13.6 Å². The van der Waals surface area contributed by atoms with Crippen molar-refractivity contribution in [1.29, 1.82) is 0 Å². The number of nitrogen functional groups attached to an aromatic ring is 1. The Kier molecular flexibility index (Phi) is 3.33. The van der Waals surface area contributed by atoms with Crippen LogP contribution in [0, 0.1) is 11.6 Å². The van der Waals surface area contributed by atoms with Crippen LogP contribution in [0.15, 0.2) is 36.4 Å². The molecule has 0 saturated carbocycles. The number of esters is 1. The van der Waals surface area contributed by atoms with E-state index in [1.54, 1.807) is 0 Å². The first-order valence-electron chi connectivity index (χ1n) is 6.55. The number of benzene rings is 2. The van der Waals surface area contributed by atoms with Gasteiger partial charge in [0, 0.05) is 17.7 Å². The Morgan fingerprint density at radius 1 is 1.24 bits per heavy atom. The molecular weight excluding hydrogens is 276 g/mol. The molecule has 2 N–H and O–H groups in total. The molecule has 21 heavy (non-hydrogen) atoms. The number of nitrogens with two attached hydrogens (primary N) is 1. The normalized spacial score (nSPS) is 16.0. The van der Waals surface area contributed by atoms with Gasteiger partial charge in [-0.1, -0.05) is 24.3 Å². The molecule has 0 saturated heterocycles. The molecule has 0 aromatic heterocycles. The van der Waals surface area contributed by atoms with Gasteiger partial charge in [-0.2, -0.15) is 0 Å². The lowest BCUT2D eigenvalue weighted by Gasteiger charge is -2.29. The number of anilines is 1. The highest BCUT2D eigenvalue weighted by molar-refractivity contribution is 5.95. The Bertz CT molecular complexity index is 715. The Morgan fingerprint density at radius 3 is 2.71 bits per heavy atom. The average molecular weight is 289 g/mol. The summed E-state index contributed by atoms with van der Waals surface area (Å²) in [6.45, 7) is 0.203. The second-order valence-electron chi connectivity index (χ2n) is 5.05. The minimum absolute atomic E-state index is 0.132. The summed E-state index contributed by atoms with van der Waals surface area (Å²) in [5.74, 6) is -2.80. The molecule has 1 aliphatic rings. The monoisotopic (exact) mass is 289 g/mol. The number of hydrogen-bond donors (Lipinski definition) is 1. The highest BCUT2D eigenvalue weighted by atomic mass is 19.2. The second-order valence-corrected chi connectivity index (χ2v) is 5.05. The van der Waals surface area contributed by atoms with E-state index in [0.29, 0.717) is 0 Å². The zero-order valence-corrected chi connectivity index (χ0v) is 11.1. The Hall–Kier alpha value is -2.43. The second kappa shape index (κ2) is 5.16. The summed E-state index contributed by atoms with van der Waals surface area (Å²) in [5, 5.41) is 0. The molecule has 0 radical (unpaired) electrons. The minimum atomic E-state index is -1.12. The largest absolute Gasteiger partial charge is 0.461 e. The molecule has 0 bridgehead atoms. The maximum absolute atomic E-state index is 13.2. The summed E-state index contributed by atoms with van der Waals surface area (Å²) in [4.78, 5) is 11.9. The summed E-state index contributed by atoms with van der Waals surface area (Å²) in [7, 11) is 0. The van der Waals surface area contributed by atoms with Gasteiger partial charge in [0.25, 0.3) is 0 Å². The van der Waals surface area contributed by atoms with Crippen molar-refractivity contribution in [2.45, 2.75) is 12.3 Å². The summed E-state index contributed by atoms with van der Waals surface area (Å²) in [5.41, 5.74) is 7.63. The van der Waals surface area contributed by atoms with Crippen molar-refractivity contribution < 1.29 is 18.3 Å². The molecule has 108 valence electrons. The molecule has 2 aromatic rings. The predicted octanol–water partition coefficient (Wildman–Crippen LogP) is 3.04. The first-order chi connectivity index (χ1) is 10.1. The molecule has 0 aliphatic heterocycles. The van der Waals surface area contributed by atoms with E-state index >= 15 is 0 Å². The third-order valence-electron chi connectivity index (χ3n) is 3.69. The summed E-state index contributed by atoms with van der Waals surface area (Å²) >= 11 is 0. The molecule has 3 rings (SSSR count). The zero-order valence-electron chi connectivity index (χ0n) is 11.1. The topological polar surface area (TPSA) is 52.3 Å². The number of hydrogen-bond acceptors (Lipinski definition) is 3. The average Bonchev–Trinajstić information content (AvgIpc) is 2.43. The Balaban J connectivity index is 1.67. The van der Waals surface area contributed by atoms with E-state index < -0.39 is 17.6 Å². The summed E-state index contributed by atoms with van der Waals surface area (Å²) in [6, 6.07) is 9.46. The van der Waals surface area contributed by atoms with E-state index in [2.05, 4.69) is 0 Å². The van der Waals surface area contributed by atoms with Gasteiger partial charge < -0.3 is 10.5 Å². The third kappa shape index (κ3) is 2.46. The molecule has 0 spiro atoms. The van der Waals surface area contributed by atoms with Gasteiger partial charge in [-0.25, -0.2) is 13.6 Å². The smallest absolute Gasteiger partial charge is 0.340 e. The zero-order chi connectivity index (χ0) is 15.0. The van der Waals surface area contributed by atoms with E-state index in [4.69, 9.17) is 10.5 Å². The fourth-order valence-electron chi connectivity index (χ4n) is 2.50. The molecule has 3 nitrogen and oxygen atoms in total. The van der Waals surface area contributed by atoms with Crippen molar-refractivity contribution in [2.24, 2.45) is 0 Å². The highest BCUT2D eigenvalue weighted by Crippen LogP contribution is 2.35. The summed E-state index contributed by atoms with van der Waals surface area (Å²) in [6.07, 6.45) is 0.844. The Morgan fingerprint density at radius 2 is 1.95 bits per heavy atom. The van der Waals surface area contributed by atoms with Crippen molar-refractivity contribution in [3.63, 3.8) is 0 Å². The van der Waals surface area contributed by atoms with Crippen LogP contribution >= 0.6 is 0 Å². The quantitative estimate of drug-likeness (QED) is 0.698. The van der Waals surface area contributed by atoms with Crippen LogP contribution in [0.3, 0.4) is 0 Å². The number of carbonyl (C=O) groups is 1. The van der Waals surface area contributed by atoms with Gasteiger partial charge in [0.2, 0.25) is 0 Å². The van der Waals surface area contributed by atoms with Gasteiger partial charge in [0.1, 0.15) is 0 Å². The lowest BCUT2D eigenvalue weighted by atomic mass is 9.78.